The van der Waals surface area contributed by atoms with E-state index in [1.54, 1.807) is 17.0 Å². The minimum atomic E-state index is -0.159. The third kappa shape index (κ3) is 3.58. The third-order valence-electron chi connectivity index (χ3n) is 2.65. The molecule has 0 aliphatic heterocycles. The van der Waals surface area contributed by atoms with E-state index >= 15 is 0 Å². The van der Waals surface area contributed by atoms with E-state index in [0.717, 1.165) is 12.8 Å². The lowest BCUT2D eigenvalue weighted by molar-refractivity contribution is 0.0757. The SMILES string of the molecule is CCCCN(CC)C(=O)c1nc(NN)ccc1Cl. The van der Waals surface area contributed by atoms with Crippen molar-refractivity contribution in [3.8, 4) is 0 Å². The third-order valence-corrected chi connectivity index (χ3v) is 2.95. The summed E-state index contributed by atoms with van der Waals surface area (Å²) in [6.07, 6.45) is 2.00. The molecule has 0 bridgehead atoms. The van der Waals surface area contributed by atoms with Crippen molar-refractivity contribution in [1.29, 1.82) is 0 Å². The Morgan fingerprint density at radius 1 is 1.50 bits per heavy atom. The van der Waals surface area contributed by atoms with Crippen LogP contribution < -0.4 is 11.3 Å². The Bertz CT molecular complexity index is 411. The molecule has 0 aromatic carbocycles. The number of unbranched alkanes of at least 4 members (excludes halogenated alkanes) is 1. The molecule has 100 valence electrons. The zero-order valence-corrected chi connectivity index (χ0v) is 11.5. The largest absolute Gasteiger partial charge is 0.338 e. The fourth-order valence-electron chi connectivity index (χ4n) is 1.57. The number of halogens is 1. The highest BCUT2D eigenvalue weighted by atomic mass is 35.5. The van der Waals surface area contributed by atoms with Crippen LogP contribution in [-0.2, 0) is 0 Å². The van der Waals surface area contributed by atoms with Crippen molar-refractivity contribution in [2.45, 2.75) is 26.7 Å². The van der Waals surface area contributed by atoms with Crippen molar-refractivity contribution in [1.82, 2.24) is 9.88 Å². The van der Waals surface area contributed by atoms with Gasteiger partial charge in [0.05, 0.1) is 5.02 Å². The minimum absolute atomic E-state index is 0.159. The second-order valence-electron chi connectivity index (χ2n) is 3.91. The Labute approximate surface area is 112 Å². The summed E-state index contributed by atoms with van der Waals surface area (Å²) < 4.78 is 0. The van der Waals surface area contributed by atoms with Crippen LogP contribution in [0.3, 0.4) is 0 Å². The van der Waals surface area contributed by atoms with Crippen LogP contribution in [0.4, 0.5) is 5.82 Å². The number of hydrogen-bond donors (Lipinski definition) is 2. The molecule has 0 spiro atoms. The Balaban J connectivity index is 2.93. The predicted octanol–water partition coefficient (Wildman–Crippen LogP) is 2.28. The summed E-state index contributed by atoms with van der Waals surface area (Å²) in [6, 6.07) is 3.24. The minimum Gasteiger partial charge on any atom is -0.338 e. The van der Waals surface area contributed by atoms with Crippen LogP contribution in [-0.4, -0.2) is 28.9 Å². The van der Waals surface area contributed by atoms with E-state index in [1.807, 2.05) is 6.92 Å². The fourth-order valence-corrected chi connectivity index (χ4v) is 1.76. The molecule has 0 aliphatic rings. The monoisotopic (exact) mass is 270 g/mol. The predicted molar refractivity (Wildman–Crippen MR) is 73.5 cm³/mol. The molecule has 0 aliphatic carbocycles. The number of nitrogens with one attached hydrogen (secondary N) is 1. The maximum Gasteiger partial charge on any atom is 0.274 e. The highest BCUT2D eigenvalue weighted by Crippen LogP contribution is 2.18. The number of carbonyl (C=O) groups excluding carboxylic acids is 1. The number of nitrogens with zero attached hydrogens (tertiary/aromatic N) is 2. The van der Waals surface area contributed by atoms with Crippen LogP contribution in [0.25, 0.3) is 0 Å². The molecule has 18 heavy (non-hydrogen) atoms. The zero-order chi connectivity index (χ0) is 13.5. The number of nitrogen functional groups attached to an aromatic ring is 1. The van der Waals surface area contributed by atoms with E-state index in [9.17, 15) is 4.79 Å². The van der Waals surface area contributed by atoms with Crippen LogP contribution in [0.1, 0.15) is 37.2 Å². The van der Waals surface area contributed by atoms with Gasteiger partial charge in [-0.3, -0.25) is 4.79 Å². The Morgan fingerprint density at radius 2 is 2.22 bits per heavy atom. The van der Waals surface area contributed by atoms with E-state index in [4.69, 9.17) is 17.4 Å². The first-order valence-electron chi connectivity index (χ1n) is 6.06. The van der Waals surface area contributed by atoms with Gasteiger partial charge in [0.15, 0.2) is 0 Å². The van der Waals surface area contributed by atoms with Gasteiger partial charge in [-0.25, -0.2) is 10.8 Å². The lowest BCUT2D eigenvalue weighted by atomic mass is 10.2. The standard InChI is InChI=1S/C12H19ClN4O/c1-3-5-8-17(4-2)12(18)11-9(13)6-7-10(15-11)16-14/h6-7H,3-5,8,14H2,1-2H3,(H,15,16). The van der Waals surface area contributed by atoms with E-state index in [-0.39, 0.29) is 11.6 Å². The molecule has 0 fully saturated rings. The normalized spacial score (nSPS) is 10.2. The Kier molecular flexibility index (Phi) is 5.88. The molecule has 1 aromatic rings. The van der Waals surface area contributed by atoms with Crippen molar-refractivity contribution >= 4 is 23.3 Å². The van der Waals surface area contributed by atoms with Crippen molar-refractivity contribution < 1.29 is 4.79 Å². The van der Waals surface area contributed by atoms with Crippen LogP contribution in [0.5, 0.6) is 0 Å². The highest BCUT2D eigenvalue weighted by Gasteiger charge is 2.18. The maximum atomic E-state index is 12.3. The summed E-state index contributed by atoms with van der Waals surface area (Å²) in [4.78, 5) is 18.1. The van der Waals surface area contributed by atoms with Crippen molar-refractivity contribution in [3.63, 3.8) is 0 Å². The summed E-state index contributed by atoms with van der Waals surface area (Å²) in [5, 5.41) is 0.342. The molecular formula is C12H19ClN4O. The van der Waals surface area contributed by atoms with E-state index in [1.165, 1.54) is 0 Å². The number of anilines is 1. The van der Waals surface area contributed by atoms with Gasteiger partial charge in [-0.15, -0.1) is 0 Å². The van der Waals surface area contributed by atoms with Gasteiger partial charge < -0.3 is 10.3 Å². The number of rotatable bonds is 6. The average molecular weight is 271 g/mol. The summed E-state index contributed by atoms with van der Waals surface area (Å²) >= 11 is 6.00. The van der Waals surface area contributed by atoms with Crippen LogP contribution >= 0.6 is 11.6 Å². The summed E-state index contributed by atoms with van der Waals surface area (Å²) in [7, 11) is 0. The van der Waals surface area contributed by atoms with E-state index < -0.39 is 0 Å². The van der Waals surface area contributed by atoms with Crippen molar-refractivity contribution in [3.05, 3.63) is 22.8 Å². The number of pyridine rings is 1. The smallest absolute Gasteiger partial charge is 0.274 e. The lowest BCUT2D eigenvalue weighted by Gasteiger charge is -2.20. The number of hydrazine groups is 1. The fraction of sp³-hybridized carbons (Fsp3) is 0.500. The molecule has 1 aromatic heterocycles. The van der Waals surface area contributed by atoms with Gasteiger partial charge in [0, 0.05) is 13.1 Å². The van der Waals surface area contributed by atoms with Gasteiger partial charge in [-0.05, 0) is 25.5 Å². The molecule has 0 radical (unpaired) electrons. The molecule has 1 rings (SSSR count). The molecule has 0 saturated heterocycles. The first-order chi connectivity index (χ1) is 8.63. The van der Waals surface area contributed by atoms with Gasteiger partial charge in [0.2, 0.25) is 0 Å². The second kappa shape index (κ2) is 7.18. The first kappa shape index (κ1) is 14.7. The van der Waals surface area contributed by atoms with Crippen LogP contribution in [0.2, 0.25) is 5.02 Å². The molecule has 0 atom stereocenters. The molecule has 6 heteroatoms. The molecule has 0 unspecified atom stereocenters. The maximum absolute atomic E-state index is 12.3. The van der Waals surface area contributed by atoms with Gasteiger partial charge in [0.25, 0.3) is 5.91 Å². The van der Waals surface area contributed by atoms with Gasteiger partial charge in [0.1, 0.15) is 11.5 Å². The zero-order valence-electron chi connectivity index (χ0n) is 10.7. The average Bonchev–Trinajstić information content (AvgIpc) is 2.40. The Hall–Kier alpha value is -1.33. The lowest BCUT2D eigenvalue weighted by Crippen LogP contribution is -2.32. The number of aromatic nitrogens is 1. The molecule has 5 nitrogen and oxygen atoms in total. The van der Waals surface area contributed by atoms with Crippen LogP contribution in [0, 0.1) is 0 Å². The van der Waals surface area contributed by atoms with Crippen molar-refractivity contribution in [2.75, 3.05) is 18.5 Å². The quantitative estimate of drug-likeness (QED) is 0.615. The number of hydrogen-bond acceptors (Lipinski definition) is 4. The molecule has 3 N–H and O–H groups in total. The Morgan fingerprint density at radius 3 is 2.78 bits per heavy atom. The number of amides is 1. The van der Waals surface area contributed by atoms with Crippen LogP contribution in [0.15, 0.2) is 12.1 Å². The molecule has 0 saturated carbocycles. The highest BCUT2D eigenvalue weighted by molar-refractivity contribution is 6.33. The van der Waals surface area contributed by atoms with Crippen molar-refractivity contribution in [2.24, 2.45) is 5.84 Å². The summed E-state index contributed by atoms with van der Waals surface area (Å²) in [6.45, 7) is 5.37. The first-order valence-corrected chi connectivity index (χ1v) is 6.44. The number of nitrogens with two attached hydrogens (primary N) is 1. The van der Waals surface area contributed by atoms with Gasteiger partial charge in [-0.2, -0.15) is 0 Å². The topological polar surface area (TPSA) is 71.2 Å². The van der Waals surface area contributed by atoms with E-state index in [2.05, 4.69) is 17.3 Å². The summed E-state index contributed by atoms with van der Waals surface area (Å²) in [5.74, 6) is 5.54. The second-order valence-corrected chi connectivity index (χ2v) is 4.32. The molecule has 1 amide bonds. The summed E-state index contributed by atoms with van der Waals surface area (Å²) in [5.41, 5.74) is 2.65. The number of carbonyl (C=O) groups is 1. The van der Waals surface area contributed by atoms with Gasteiger partial charge >= 0.3 is 0 Å². The van der Waals surface area contributed by atoms with E-state index in [0.29, 0.717) is 23.9 Å². The molecular weight excluding hydrogens is 252 g/mol. The molecule has 1 heterocycles. The van der Waals surface area contributed by atoms with Gasteiger partial charge in [-0.1, -0.05) is 24.9 Å².